The minimum Gasteiger partial charge on any atom is -0.311 e. The highest BCUT2D eigenvalue weighted by Crippen LogP contribution is 1.99. The molecular formula is C14H20N4O2S. The lowest BCUT2D eigenvalue weighted by Crippen LogP contribution is -2.31. The fourth-order valence-corrected chi connectivity index (χ4v) is 2.81. The predicted molar refractivity (Wildman–Crippen MR) is 82.0 cm³/mol. The molecule has 0 aliphatic rings. The van der Waals surface area contributed by atoms with Crippen LogP contribution in [0.4, 0.5) is 0 Å². The Morgan fingerprint density at radius 3 is 2.57 bits per heavy atom. The third kappa shape index (κ3) is 5.66. The number of aromatic nitrogens is 2. The van der Waals surface area contributed by atoms with Crippen LogP contribution in [0.25, 0.3) is 0 Å². The van der Waals surface area contributed by atoms with Crippen LogP contribution in [0.3, 0.4) is 0 Å². The number of hydrogen-bond donors (Lipinski definition) is 2. The van der Waals surface area contributed by atoms with E-state index in [0.29, 0.717) is 19.6 Å². The zero-order valence-corrected chi connectivity index (χ0v) is 12.8. The summed E-state index contributed by atoms with van der Waals surface area (Å²) >= 11 is 0. The topological polar surface area (TPSA) is 76.0 Å². The average Bonchev–Trinajstić information content (AvgIpc) is 2.88. The van der Waals surface area contributed by atoms with Crippen molar-refractivity contribution in [1.29, 1.82) is 0 Å². The second kappa shape index (κ2) is 7.35. The van der Waals surface area contributed by atoms with E-state index in [9.17, 15) is 8.42 Å². The molecule has 0 amide bonds. The van der Waals surface area contributed by atoms with Crippen LogP contribution in [0.1, 0.15) is 11.1 Å². The Labute approximate surface area is 125 Å². The van der Waals surface area contributed by atoms with Gasteiger partial charge in [0.15, 0.2) is 0 Å². The average molecular weight is 308 g/mol. The fraction of sp³-hybridized carbons (Fsp3) is 0.357. The van der Waals surface area contributed by atoms with Gasteiger partial charge in [-0.1, -0.05) is 30.3 Å². The Morgan fingerprint density at radius 2 is 1.90 bits per heavy atom. The van der Waals surface area contributed by atoms with Crippen molar-refractivity contribution in [3.05, 3.63) is 53.9 Å². The molecule has 2 N–H and O–H groups in total. The Kier molecular flexibility index (Phi) is 5.49. The van der Waals surface area contributed by atoms with Gasteiger partial charge >= 0.3 is 0 Å². The highest BCUT2D eigenvalue weighted by Gasteiger charge is 2.09. The standard InChI is InChI=1S/C14H20N4O2S/c1-18-12-14(10-16-18)9-15-7-8-21(19,20)17-11-13-5-3-2-4-6-13/h2-6,10,12,15,17H,7-9,11H2,1H3. The third-order valence-electron chi connectivity index (χ3n) is 2.97. The molecule has 0 saturated carbocycles. The normalized spacial score (nSPS) is 11.7. The van der Waals surface area contributed by atoms with Gasteiger partial charge < -0.3 is 5.32 Å². The largest absolute Gasteiger partial charge is 0.311 e. The van der Waals surface area contributed by atoms with Crippen molar-refractivity contribution < 1.29 is 8.42 Å². The van der Waals surface area contributed by atoms with Crippen molar-refractivity contribution in [3.63, 3.8) is 0 Å². The SMILES string of the molecule is Cn1cc(CNCCS(=O)(=O)NCc2ccccc2)cn1. The molecule has 2 aromatic rings. The first kappa shape index (κ1) is 15.7. The molecule has 1 aromatic heterocycles. The van der Waals surface area contributed by atoms with E-state index in [1.54, 1.807) is 10.9 Å². The van der Waals surface area contributed by atoms with E-state index in [4.69, 9.17) is 0 Å². The lowest BCUT2D eigenvalue weighted by Gasteiger charge is -2.07. The number of nitrogens with one attached hydrogen (secondary N) is 2. The molecule has 1 heterocycles. The van der Waals surface area contributed by atoms with Gasteiger partial charge in [-0.2, -0.15) is 5.10 Å². The van der Waals surface area contributed by atoms with Crippen LogP contribution >= 0.6 is 0 Å². The van der Waals surface area contributed by atoms with E-state index in [2.05, 4.69) is 15.1 Å². The van der Waals surface area contributed by atoms with Crippen LogP contribution in [-0.4, -0.2) is 30.5 Å². The predicted octanol–water partition coefficient (Wildman–Crippen LogP) is 0.629. The van der Waals surface area contributed by atoms with Gasteiger partial charge in [0.05, 0.1) is 11.9 Å². The van der Waals surface area contributed by atoms with Crippen molar-refractivity contribution in [2.24, 2.45) is 7.05 Å². The summed E-state index contributed by atoms with van der Waals surface area (Å²) in [4.78, 5) is 0. The summed E-state index contributed by atoms with van der Waals surface area (Å²) in [5, 5.41) is 7.15. The summed E-state index contributed by atoms with van der Waals surface area (Å²) in [5.41, 5.74) is 1.98. The summed E-state index contributed by atoms with van der Waals surface area (Å²) < 4.78 is 28.0. The van der Waals surface area contributed by atoms with Crippen molar-refractivity contribution in [3.8, 4) is 0 Å². The minimum atomic E-state index is -3.26. The molecule has 2 rings (SSSR count). The van der Waals surface area contributed by atoms with Gasteiger partial charge in [0.1, 0.15) is 0 Å². The molecule has 1 aromatic carbocycles. The number of hydrogen-bond acceptors (Lipinski definition) is 4. The van der Waals surface area contributed by atoms with Crippen molar-refractivity contribution in [2.75, 3.05) is 12.3 Å². The highest BCUT2D eigenvalue weighted by molar-refractivity contribution is 7.89. The van der Waals surface area contributed by atoms with E-state index in [-0.39, 0.29) is 5.75 Å². The van der Waals surface area contributed by atoms with Crippen molar-refractivity contribution in [1.82, 2.24) is 19.8 Å². The molecule has 0 saturated heterocycles. The second-order valence-corrected chi connectivity index (χ2v) is 6.75. The Morgan fingerprint density at radius 1 is 1.14 bits per heavy atom. The zero-order valence-electron chi connectivity index (χ0n) is 12.0. The second-order valence-electron chi connectivity index (χ2n) is 4.82. The van der Waals surface area contributed by atoms with E-state index in [1.165, 1.54) is 0 Å². The van der Waals surface area contributed by atoms with Crippen LogP contribution in [-0.2, 0) is 30.2 Å². The fourth-order valence-electron chi connectivity index (χ4n) is 1.86. The summed E-state index contributed by atoms with van der Waals surface area (Å²) in [6.45, 7) is 1.34. The smallest absolute Gasteiger partial charge is 0.213 e. The van der Waals surface area contributed by atoms with Gasteiger partial charge in [-0.25, -0.2) is 13.1 Å². The lowest BCUT2D eigenvalue weighted by atomic mass is 10.2. The van der Waals surface area contributed by atoms with Crippen molar-refractivity contribution >= 4 is 10.0 Å². The van der Waals surface area contributed by atoms with E-state index >= 15 is 0 Å². The Balaban J connectivity index is 1.69. The maximum absolute atomic E-state index is 11.9. The third-order valence-corrected chi connectivity index (χ3v) is 4.30. The molecular weight excluding hydrogens is 288 g/mol. The minimum absolute atomic E-state index is 0.0557. The number of rotatable bonds is 8. The first-order valence-electron chi connectivity index (χ1n) is 6.75. The van der Waals surface area contributed by atoms with Gasteiger partial charge in [0.2, 0.25) is 10.0 Å². The van der Waals surface area contributed by atoms with Gasteiger partial charge in [-0.3, -0.25) is 4.68 Å². The number of nitrogens with zero attached hydrogens (tertiary/aromatic N) is 2. The molecule has 0 aliphatic heterocycles. The van der Waals surface area contributed by atoms with Crippen LogP contribution < -0.4 is 10.0 Å². The molecule has 6 nitrogen and oxygen atoms in total. The van der Waals surface area contributed by atoms with Gasteiger partial charge in [0.25, 0.3) is 0 Å². The van der Waals surface area contributed by atoms with Crippen LogP contribution in [0.15, 0.2) is 42.7 Å². The summed E-state index contributed by atoms with van der Waals surface area (Å²) in [5.74, 6) is 0.0557. The molecule has 0 radical (unpaired) electrons. The highest BCUT2D eigenvalue weighted by atomic mass is 32.2. The van der Waals surface area contributed by atoms with Crippen LogP contribution in [0.2, 0.25) is 0 Å². The molecule has 114 valence electrons. The first-order valence-corrected chi connectivity index (χ1v) is 8.40. The molecule has 21 heavy (non-hydrogen) atoms. The van der Waals surface area contributed by atoms with E-state index in [1.807, 2.05) is 43.6 Å². The van der Waals surface area contributed by atoms with Gasteiger partial charge in [-0.15, -0.1) is 0 Å². The summed E-state index contributed by atoms with van der Waals surface area (Å²) in [6, 6.07) is 9.46. The maximum Gasteiger partial charge on any atom is 0.213 e. The summed E-state index contributed by atoms with van der Waals surface area (Å²) in [7, 11) is -1.41. The van der Waals surface area contributed by atoms with E-state index < -0.39 is 10.0 Å². The van der Waals surface area contributed by atoms with Crippen molar-refractivity contribution in [2.45, 2.75) is 13.1 Å². The molecule has 0 bridgehead atoms. The van der Waals surface area contributed by atoms with Gasteiger partial charge in [-0.05, 0) is 5.56 Å². The Hall–Kier alpha value is -1.70. The quantitative estimate of drug-likeness (QED) is 0.701. The molecule has 0 aliphatic carbocycles. The lowest BCUT2D eigenvalue weighted by molar-refractivity contribution is 0.576. The molecule has 0 fully saturated rings. The van der Waals surface area contributed by atoms with Crippen LogP contribution in [0.5, 0.6) is 0 Å². The molecule has 0 spiro atoms. The number of benzene rings is 1. The maximum atomic E-state index is 11.9. The Bertz CT molecular complexity index is 653. The molecule has 0 unspecified atom stereocenters. The molecule has 0 atom stereocenters. The first-order chi connectivity index (χ1) is 10.1. The number of sulfonamides is 1. The molecule has 7 heteroatoms. The zero-order chi connectivity index (χ0) is 15.1. The monoisotopic (exact) mass is 308 g/mol. The van der Waals surface area contributed by atoms with E-state index in [0.717, 1.165) is 11.1 Å². The van der Waals surface area contributed by atoms with Crippen LogP contribution in [0, 0.1) is 0 Å². The number of aryl methyl sites for hydroxylation is 1. The van der Waals surface area contributed by atoms with Gasteiger partial charge in [0, 0.05) is 38.4 Å². The summed E-state index contributed by atoms with van der Waals surface area (Å²) in [6.07, 6.45) is 3.66.